The summed E-state index contributed by atoms with van der Waals surface area (Å²) in [5.41, 5.74) is 1.10. The van der Waals surface area contributed by atoms with Gasteiger partial charge in [0.05, 0.1) is 25.4 Å². The van der Waals surface area contributed by atoms with E-state index in [4.69, 9.17) is 9.26 Å². The lowest BCUT2D eigenvalue weighted by molar-refractivity contribution is 0.00653. The molecule has 3 rings (SSSR count). The Morgan fingerprint density at radius 2 is 2.08 bits per heavy atom. The van der Waals surface area contributed by atoms with E-state index in [1.165, 1.54) is 0 Å². The molecule has 0 radical (unpaired) electrons. The molecule has 6 heteroatoms. The molecule has 0 amide bonds. The van der Waals surface area contributed by atoms with Crippen LogP contribution >= 0.6 is 0 Å². The minimum atomic E-state index is -0.563. The van der Waals surface area contributed by atoms with Gasteiger partial charge in [0.1, 0.15) is 0 Å². The molecular formula is C18H25N3O3. The molecule has 0 spiro atoms. The van der Waals surface area contributed by atoms with E-state index in [0.717, 1.165) is 24.2 Å². The van der Waals surface area contributed by atoms with Crippen molar-refractivity contribution >= 4 is 0 Å². The number of ether oxygens (including phenoxy) is 1. The molecule has 24 heavy (non-hydrogen) atoms. The van der Waals surface area contributed by atoms with Crippen molar-refractivity contribution in [3.63, 3.8) is 0 Å². The standard InChI is InChI=1S/C18H25N3O3/c1-13(18-19-17(20-24-18)15-8-9-15)21(2)10-16(22)12-23-11-14-6-4-3-5-7-14/h3-7,13,15-16,22H,8-12H2,1-2H3/t13-,16-/m0/s1. The number of aromatic nitrogens is 2. The number of likely N-dealkylation sites (N-methyl/N-ethyl adjacent to an activating group) is 1. The van der Waals surface area contributed by atoms with Crippen molar-refractivity contribution < 1.29 is 14.4 Å². The zero-order valence-corrected chi connectivity index (χ0v) is 14.3. The van der Waals surface area contributed by atoms with Gasteiger partial charge < -0.3 is 14.4 Å². The Labute approximate surface area is 142 Å². The summed E-state index contributed by atoms with van der Waals surface area (Å²) in [4.78, 5) is 6.47. The van der Waals surface area contributed by atoms with E-state index in [9.17, 15) is 5.11 Å². The Hall–Kier alpha value is -1.76. The van der Waals surface area contributed by atoms with E-state index in [1.54, 1.807) is 0 Å². The highest BCUT2D eigenvalue weighted by Crippen LogP contribution is 2.38. The van der Waals surface area contributed by atoms with Crippen LogP contribution < -0.4 is 0 Å². The van der Waals surface area contributed by atoms with Crippen LogP contribution in [0.15, 0.2) is 34.9 Å². The lowest BCUT2D eigenvalue weighted by Gasteiger charge is -2.24. The summed E-state index contributed by atoms with van der Waals surface area (Å²) in [5, 5.41) is 14.2. The SMILES string of the molecule is C[C@@H](c1nc(C2CC2)no1)N(C)C[C@H](O)COCc1ccccc1. The number of benzene rings is 1. The van der Waals surface area contributed by atoms with E-state index >= 15 is 0 Å². The van der Waals surface area contributed by atoms with Gasteiger partial charge in [-0.1, -0.05) is 35.5 Å². The zero-order valence-electron chi connectivity index (χ0n) is 14.3. The number of nitrogens with zero attached hydrogens (tertiary/aromatic N) is 3. The van der Waals surface area contributed by atoms with Gasteiger partial charge in [-0.05, 0) is 32.4 Å². The number of aliphatic hydroxyl groups is 1. The van der Waals surface area contributed by atoms with Crippen LogP contribution in [0.1, 0.15) is 49.0 Å². The summed E-state index contributed by atoms with van der Waals surface area (Å²) >= 11 is 0. The third kappa shape index (κ3) is 4.63. The topological polar surface area (TPSA) is 71.6 Å². The molecule has 1 N–H and O–H groups in total. The fraction of sp³-hybridized carbons (Fsp3) is 0.556. The van der Waals surface area contributed by atoms with Crippen molar-refractivity contribution in [2.24, 2.45) is 0 Å². The monoisotopic (exact) mass is 331 g/mol. The molecule has 2 atom stereocenters. The number of hydrogen-bond acceptors (Lipinski definition) is 6. The first kappa shape index (κ1) is 17.1. The van der Waals surface area contributed by atoms with E-state index in [-0.39, 0.29) is 6.04 Å². The van der Waals surface area contributed by atoms with Gasteiger partial charge in [0.25, 0.3) is 0 Å². The maximum Gasteiger partial charge on any atom is 0.243 e. The lowest BCUT2D eigenvalue weighted by atomic mass is 10.2. The van der Waals surface area contributed by atoms with Gasteiger partial charge in [-0.2, -0.15) is 4.98 Å². The first-order valence-electron chi connectivity index (χ1n) is 8.47. The lowest BCUT2D eigenvalue weighted by Crippen LogP contribution is -2.34. The molecule has 0 aliphatic heterocycles. The predicted octanol–water partition coefficient (Wildman–Crippen LogP) is 2.52. The third-order valence-corrected chi connectivity index (χ3v) is 4.34. The second-order valence-electron chi connectivity index (χ2n) is 6.54. The molecule has 6 nitrogen and oxygen atoms in total. The van der Waals surface area contributed by atoms with E-state index in [2.05, 4.69) is 10.1 Å². The molecule has 0 unspecified atom stereocenters. The maximum absolute atomic E-state index is 10.2. The smallest absolute Gasteiger partial charge is 0.243 e. The quantitative estimate of drug-likeness (QED) is 0.761. The van der Waals surface area contributed by atoms with Crippen molar-refractivity contribution in [2.75, 3.05) is 20.2 Å². The molecule has 1 fully saturated rings. The zero-order chi connectivity index (χ0) is 16.9. The predicted molar refractivity (Wildman–Crippen MR) is 89.4 cm³/mol. The van der Waals surface area contributed by atoms with E-state index in [1.807, 2.05) is 49.2 Å². The van der Waals surface area contributed by atoms with Crippen LogP contribution in [0.3, 0.4) is 0 Å². The Kier molecular flexibility index (Phi) is 5.60. The van der Waals surface area contributed by atoms with Gasteiger partial charge in [-0.25, -0.2) is 0 Å². The summed E-state index contributed by atoms with van der Waals surface area (Å²) < 4.78 is 10.9. The summed E-state index contributed by atoms with van der Waals surface area (Å²) in [6.45, 7) is 3.29. The van der Waals surface area contributed by atoms with Crippen molar-refractivity contribution in [3.05, 3.63) is 47.6 Å². The maximum atomic E-state index is 10.2. The van der Waals surface area contributed by atoms with Crippen molar-refractivity contribution in [3.8, 4) is 0 Å². The normalized spacial score (nSPS) is 17.2. The van der Waals surface area contributed by atoms with Crippen LogP contribution in [-0.2, 0) is 11.3 Å². The fourth-order valence-corrected chi connectivity index (χ4v) is 2.54. The van der Waals surface area contributed by atoms with E-state index in [0.29, 0.717) is 31.6 Å². The van der Waals surface area contributed by atoms with Crippen LogP contribution in [0, 0.1) is 0 Å². The minimum Gasteiger partial charge on any atom is -0.389 e. The summed E-state index contributed by atoms with van der Waals surface area (Å²) in [6.07, 6.45) is 1.74. The largest absolute Gasteiger partial charge is 0.389 e. The fourth-order valence-electron chi connectivity index (χ4n) is 2.54. The average molecular weight is 331 g/mol. The van der Waals surface area contributed by atoms with Crippen LogP contribution in [0.4, 0.5) is 0 Å². The molecule has 1 aliphatic rings. The highest BCUT2D eigenvalue weighted by Gasteiger charge is 2.30. The molecule has 0 bridgehead atoms. The molecule has 1 saturated carbocycles. The van der Waals surface area contributed by atoms with Gasteiger partial charge in [-0.3, -0.25) is 4.90 Å². The molecule has 0 saturated heterocycles. The highest BCUT2D eigenvalue weighted by atomic mass is 16.5. The average Bonchev–Trinajstić information content (AvgIpc) is 3.32. The summed E-state index contributed by atoms with van der Waals surface area (Å²) in [7, 11) is 1.94. The number of hydrogen-bond donors (Lipinski definition) is 1. The van der Waals surface area contributed by atoms with Crippen molar-refractivity contribution in [1.29, 1.82) is 0 Å². The van der Waals surface area contributed by atoms with Gasteiger partial charge in [0.15, 0.2) is 5.82 Å². The molecule has 2 aromatic rings. The second-order valence-corrected chi connectivity index (χ2v) is 6.54. The molecule has 130 valence electrons. The Bertz CT molecular complexity index is 627. The molecule has 1 aromatic carbocycles. The van der Waals surface area contributed by atoms with Crippen molar-refractivity contribution in [1.82, 2.24) is 15.0 Å². The van der Waals surface area contributed by atoms with E-state index < -0.39 is 6.10 Å². The highest BCUT2D eigenvalue weighted by molar-refractivity contribution is 5.13. The molecule has 1 aliphatic carbocycles. The Balaban J connectivity index is 1.41. The first-order chi connectivity index (χ1) is 11.6. The van der Waals surface area contributed by atoms with Gasteiger partial charge in [0, 0.05) is 12.5 Å². The Morgan fingerprint density at radius 1 is 1.33 bits per heavy atom. The van der Waals surface area contributed by atoms with Gasteiger partial charge >= 0.3 is 0 Å². The number of aliphatic hydroxyl groups excluding tert-OH is 1. The van der Waals surface area contributed by atoms with Crippen LogP contribution in [0.2, 0.25) is 0 Å². The number of rotatable bonds is 9. The van der Waals surface area contributed by atoms with Crippen molar-refractivity contribution in [2.45, 2.75) is 44.4 Å². The molecular weight excluding hydrogens is 306 g/mol. The molecule has 1 heterocycles. The van der Waals surface area contributed by atoms with Crippen LogP contribution in [0.5, 0.6) is 0 Å². The summed E-state index contributed by atoms with van der Waals surface area (Å²) in [5.74, 6) is 1.91. The van der Waals surface area contributed by atoms with Gasteiger partial charge in [0.2, 0.25) is 5.89 Å². The summed E-state index contributed by atoms with van der Waals surface area (Å²) in [6, 6.07) is 9.91. The van der Waals surface area contributed by atoms with Crippen LogP contribution in [0.25, 0.3) is 0 Å². The molecule has 1 aromatic heterocycles. The van der Waals surface area contributed by atoms with Crippen LogP contribution in [-0.4, -0.2) is 46.5 Å². The Morgan fingerprint density at radius 3 is 2.79 bits per heavy atom. The van der Waals surface area contributed by atoms with Gasteiger partial charge in [-0.15, -0.1) is 0 Å². The second kappa shape index (κ2) is 7.88. The minimum absolute atomic E-state index is 0.0335. The third-order valence-electron chi connectivity index (χ3n) is 4.34. The first-order valence-corrected chi connectivity index (χ1v) is 8.47.